The summed E-state index contributed by atoms with van der Waals surface area (Å²) in [6, 6.07) is 9.95. The normalized spacial score (nSPS) is 19.8. The van der Waals surface area contributed by atoms with E-state index in [4.69, 9.17) is 4.74 Å². The summed E-state index contributed by atoms with van der Waals surface area (Å²) in [5.41, 5.74) is -0.000306. The molecule has 0 amide bonds. The molecule has 152 valence electrons. The van der Waals surface area contributed by atoms with Crippen LogP contribution in [0, 0.1) is 5.41 Å². The molecular weight excluding hydrogens is 370 g/mol. The maximum absolute atomic E-state index is 10.1. The predicted molar refractivity (Wildman–Crippen MR) is 114 cm³/mol. The maximum Gasteiger partial charge on any atom is 0.185 e. The van der Waals surface area contributed by atoms with Crippen molar-refractivity contribution in [3.63, 3.8) is 0 Å². The second kappa shape index (κ2) is 9.25. The Balaban J connectivity index is 1.24. The van der Waals surface area contributed by atoms with Crippen molar-refractivity contribution in [1.82, 2.24) is 9.88 Å². The van der Waals surface area contributed by atoms with Crippen molar-refractivity contribution in [2.45, 2.75) is 38.6 Å². The van der Waals surface area contributed by atoms with Gasteiger partial charge in [0.2, 0.25) is 0 Å². The first-order chi connectivity index (χ1) is 13.8. The largest absolute Gasteiger partial charge is 0.494 e. The van der Waals surface area contributed by atoms with Gasteiger partial charge in [0, 0.05) is 37.3 Å². The number of aliphatic hydroxyl groups is 1. The third-order valence-electron chi connectivity index (χ3n) is 6.19. The van der Waals surface area contributed by atoms with Gasteiger partial charge in [0.1, 0.15) is 5.75 Å². The van der Waals surface area contributed by atoms with Crippen LogP contribution in [0.15, 0.2) is 36.5 Å². The second-order valence-corrected chi connectivity index (χ2v) is 9.24. The lowest BCUT2D eigenvalue weighted by molar-refractivity contribution is 0.0246. The Bertz CT molecular complexity index is 722. The summed E-state index contributed by atoms with van der Waals surface area (Å²) in [6.45, 7) is 6.26. The highest BCUT2D eigenvalue weighted by molar-refractivity contribution is 7.15. The summed E-state index contributed by atoms with van der Waals surface area (Å²) < 4.78 is 5.87. The molecule has 0 bridgehead atoms. The number of thiazole rings is 1. The number of aromatic nitrogens is 1. The fraction of sp³-hybridized carbons (Fsp3) is 0.591. The molecular formula is C22H31N3O2S. The van der Waals surface area contributed by atoms with E-state index in [2.05, 4.69) is 21.0 Å². The molecule has 6 heteroatoms. The highest BCUT2D eigenvalue weighted by Crippen LogP contribution is 2.36. The molecule has 0 atom stereocenters. The molecule has 28 heavy (non-hydrogen) atoms. The predicted octanol–water partition coefficient (Wildman–Crippen LogP) is 3.79. The van der Waals surface area contributed by atoms with Crippen molar-refractivity contribution in [1.29, 1.82) is 0 Å². The van der Waals surface area contributed by atoms with Gasteiger partial charge in [-0.3, -0.25) is 4.90 Å². The standard InChI is InChI=1S/C22H31N3O2S/c26-18-22(10-15-27-19-6-2-1-3-7-19)8-13-24(14-9-22)17-20-16-23-21(28-20)25-11-4-5-12-25/h1-3,6-7,16,26H,4-5,8-15,17-18H2. The summed E-state index contributed by atoms with van der Waals surface area (Å²) in [5, 5.41) is 11.2. The Kier molecular flexibility index (Phi) is 6.50. The summed E-state index contributed by atoms with van der Waals surface area (Å²) in [5.74, 6) is 0.909. The first-order valence-electron chi connectivity index (χ1n) is 10.5. The van der Waals surface area contributed by atoms with Gasteiger partial charge in [0.15, 0.2) is 5.13 Å². The Morgan fingerprint density at radius 1 is 1.07 bits per heavy atom. The van der Waals surface area contributed by atoms with E-state index in [-0.39, 0.29) is 12.0 Å². The zero-order chi connectivity index (χ0) is 19.2. The first kappa shape index (κ1) is 19.7. The van der Waals surface area contributed by atoms with E-state index < -0.39 is 0 Å². The molecule has 0 saturated carbocycles. The number of para-hydroxylation sites is 1. The van der Waals surface area contributed by atoms with Gasteiger partial charge < -0.3 is 14.7 Å². The molecule has 1 aromatic carbocycles. The van der Waals surface area contributed by atoms with Crippen molar-refractivity contribution in [3.8, 4) is 5.75 Å². The molecule has 5 nitrogen and oxygen atoms in total. The fourth-order valence-electron chi connectivity index (χ4n) is 4.22. The number of aliphatic hydroxyl groups excluding tert-OH is 1. The van der Waals surface area contributed by atoms with Gasteiger partial charge in [-0.05, 0) is 62.7 Å². The van der Waals surface area contributed by atoms with Crippen LogP contribution in [0.1, 0.15) is 37.0 Å². The van der Waals surface area contributed by atoms with Gasteiger partial charge in [0.25, 0.3) is 0 Å². The molecule has 2 aliphatic rings. The number of anilines is 1. The summed E-state index contributed by atoms with van der Waals surface area (Å²) in [6.07, 6.45) is 7.60. The quantitative estimate of drug-likeness (QED) is 0.729. The van der Waals surface area contributed by atoms with Gasteiger partial charge in [-0.15, -0.1) is 11.3 Å². The number of nitrogens with zero attached hydrogens (tertiary/aromatic N) is 3. The maximum atomic E-state index is 10.1. The fourth-order valence-corrected chi connectivity index (χ4v) is 5.22. The smallest absolute Gasteiger partial charge is 0.185 e. The minimum Gasteiger partial charge on any atom is -0.494 e. The number of hydrogen-bond donors (Lipinski definition) is 1. The van der Waals surface area contributed by atoms with E-state index >= 15 is 0 Å². The van der Waals surface area contributed by atoms with Crippen LogP contribution in [0.4, 0.5) is 5.13 Å². The number of likely N-dealkylation sites (tertiary alicyclic amines) is 1. The third-order valence-corrected chi connectivity index (χ3v) is 7.24. The van der Waals surface area contributed by atoms with Gasteiger partial charge in [-0.2, -0.15) is 0 Å². The molecule has 0 unspecified atom stereocenters. The molecule has 2 aromatic rings. The van der Waals surface area contributed by atoms with Crippen LogP contribution >= 0.6 is 11.3 Å². The second-order valence-electron chi connectivity index (χ2n) is 8.15. The van der Waals surface area contributed by atoms with E-state index in [1.54, 1.807) is 0 Å². The molecule has 3 heterocycles. The lowest BCUT2D eigenvalue weighted by atomic mass is 9.76. The van der Waals surface area contributed by atoms with Gasteiger partial charge in [-0.25, -0.2) is 4.98 Å². The summed E-state index contributed by atoms with van der Waals surface area (Å²) >= 11 is 1.84. The van der Waals surface area contributed by atoms with Crippen LogP contribution < -0.4 is 9.64 Å². The molecule has 4 rings (SSSR count). The van der Waals surface area contributed by atoms with Crippen molar-refractivity contribution in [3.05, 3.63) is 41.4 Å². The van der Waals surface area contributed by atoms with Crippen LogP contribution in [-0.2, 0) is 6.54 Å². The van der Waals surface area contributed by atoms with E-state index in [1.807, 2.05) is 41.7 Å². The Hall–Kier alpha value is -1.63. The van der Waals surface area contributed by atoms with Gasteiger partial charge >= 0.3 is 0 Å². The van der Waals surface area contributed by atoms with Gasteiger partial charge in [-0.1, -0.05) is 18.2 Å². The average Bonchev–Trinajstić information content (AvgIpc) is 3.42. The topological polar surface area (TPSA) is 48.8 Å². The first-order valence-corrected chi connectivity index (χ1v) is 11.3. The van der Waals surface area contributed by atoms with Crippen molar-refractivity contribution < 1.29 is 9.84 Å². The van der Waals surface area contributed by atoms with E-state index in [9.17, 15) is 5.11 Å². The van der Waals surface area contributed by atoms with Crippen LogP contribution in [0.5, 0.6) is 5.75 Å². The Morgan fingerprint density at radius 3 is 2.54 bits per heavy atom. The highest BCUT2D eigenvalue weighted by atomic mass is 32.1. The number of benzene rings is 1. The average molecular weight is 402 g/mol. The van der Waals surface area contributed by atoms with Crippen LogP contribution in [0.3, 0.4) is 0 Å². The molecule has 2 fully saturated rings. The molecule has 0 spiro atoms. The molecule has 1 N–H and O–H groups in total. The molecule has 0 radical (unpaired) electrons. The minimum atomic E-state index is -0.000306. The Morgan fingerprint density at radius 2 is 1.82 bits per heavy atom. The Labute approximate surface area is 172 Å². The lowest BCUT2D eigenvalue weighted by Crippen LogP contribution is -2.42. The van der Waals surface area contributed by atoms with E-state index in [1.165, 1.54) is 22.9 Å². The lowest BCUT2D eigenvalue weighted by Gasteiger charge is -2.40. The van der Waals surface area contributed by atoms with Crippen molar-refractivity contribution in [2.75, 3.05) is 44.3 Å². The highest BCUT2D eigenvalue weighted by Gasteiger charge is 2.34. The van der Waals surface area contributed by atoms with Crippen LogP contribution in [-0.4, -0.2) is 54.4 Å². The van der Waals surface area contributed by atoms with E-state index in [0.29, 0.717) is 6.61 Å². The van der Waals surface area contributed by atoms with Crippen molar-refractivity contribution in [2.24, 2.45) is 5.41 Å². The minimum absolute atomic E-state index is 0.000306. The van der Waals surface area contributed by atoms with Crippen molar-refractivity contribution >= 4 is 16.5 Å². The van der Waals surface area contributed by atoms with Gasteiger partial charge in [0.05, 0.1) is 6.61 Å². The monoisotopic (exact) mass is 401 g/mol. The number of piperidine rings is 1. The SMILES string of the molecule is OCC1(CCOc2ccccc2)CCN(Cc2cnc(N3CCCC3)s2)CC1. The van der Waals surface area contributed by atoms with Crippen LogP contribution in [0.2, 0.25) is 0 Å². The number of ether oxygens (including phenoxy) is 1. The molecule has 2 aliphatic heterocycles. The molecule has 0 aliphatic carbocycles. The van der Waals surface area contributed by atoms with Crippen LogP contribution in [0.25, 0.3) is 0 Å². The number of rotatable bonds is 8. The zero-order valence-electron chi connectivity index (χ0n) is 16.6. The third kappa shape index (κ3) is 4.85. The summed E-state index contributed by atoms with van der Waals surface area (Å²) in [4.78, 5) is 10.9. The molecule has 2 saturated heterocycles. The zero-order valence-corrected chi connectivity index (χ0v) is 17.4. The summed E-state index contributed by atoms with van der Waals surface area (Å²) in [7, 11) is 0. The molecule has 1 aromatic heterocycles. The van der Waals surface area contributed by atoms with E-state index in [0.717, 1.165) is 57.7 Å². The number of hydrogen-bond acceptors (Lipinski definition) is 6.